The molecule has 0 fully saturated rings. The molecule has 0 rings (SSSR count). The van der Waals surface area contributed by atoms with E-state index in [9.17, 15) is 9.59 Å². The van der Waals surface area contributed by atoms with Gasteiger partial charge in [0.05, 0.1) is 6.54 Å². The van der Waals surface area contributed by atoms with Crippen LogP contribution in [-0.2, 0) is 14.3 Å². The molecule has 2 N–H and O–H groups in total. The number of hydrogen-bond donors (Lipinski definition) is 5. The molecule has 0 aliphatic rings. The number of carbonyl (C=O) groups excluding carboxylic acids is 2. The third-order valence-electron chi connectivity index (χ3n) is 2.26. The molecule has 0 aromatic heterocycles. The Balaban J connectivity index is 3.69. The predicted molar refractivity (Wildman–Crippen MR) is 86.5 cm³/mol. The summed E-state index contributed by atoms with van der Waals surface area (Å²) in [6.07, 6.45) is 1.70. The normalized spacial score (nSPS) is 13.7. The zero-order valence-corrected chi connectivity index (χ0v) is 13.6. The zero-order valence-electron chi connectivity index (χ0n) is 11.0. The van der Waals surface area contributed by atoms with E-state index in [2.05, 4.69) is 53.3 Å². The fourth-order valence-corrected chi connectivity index (χ4v) is 2.73. The van der Waals surface area contributed by atoms with Crippen LogP contribution >= 0.6 is 37.9 Å². The van der Waals surface area contributed by atoms with E-state index in [1.54, 1.807) is 0 Å². The molecule has 2 atom stereocenters. The molecule has 0 radical (unpaired) electrons. The fraction of sp³-hybridized carbons (Fsp3) is 0.818. The molecular weight excluding hydrogens is 304 g/mol. The Hall–Kier alpha value is -0.0500. The molecule has 0 spiro atoms. The summed E-state index contributed by atoms with van der Waals surface area (Å²) in [5, 5.41) is 5.42. The van der Waals surface area contributed by atoms with Gasteiger partial charge in [-0.15, -0.1) is 0 Å². The molecule has 0 aromatic rings. The topological polar surface area (TPSA) is 67.4 Å². The average molecular weight is 327 g/mol. The van der Waals surface area contributed by atoms with Crippen LogP contribution < -0.4 is 10.6 Å². The quantitative estimate of drug-likeness (QED) is 0.372. The van der Waals surface area contributed by atoms with Gasteiger partial charge in [0.2, 0.25) is 11.8 Å². The fourth-order valence-electron chi connectivity index (χ4n) is 1.32. The second kappa shape index (κ2) is 11.7. The van der Waals surface area contributed by atoms with E-state index in [1.165, 1.54) is 7.11 Å². The molecule has 0 aliphatic carbocycles. The van der Waals surface area contributed by atoms with Crippen molar-refractivity contribution >= 4 is 49.7 Å². The Morgan fingerprint density at radius 1 is 1.16 bits per heavy atom. The van der Waals surface area contributed by atoms with Crippen molar-refractivity contribution < 1.29 is 14.3 Å². The minimum Gasteiger partial charge on any atom is -0.375 e. The molecule has 0 bridgehead atoms. The van der Waals surface area contributed by atoms with E-state index >= 15 is 0 Å². The maximum atomic E-state index is 11.4. The van der Waals surface area contributed by atoms with Crippen molar-refractivity contribution in [3.63, 3.8) is 0 Å². The maximum absolute atomic E-state index is 11.4. The van der Waals surface area contributed by atoms with Crippen LogP contribution in [0.2, 0.25) is 0 Å². The third kappa shape index (κ3) is 11.5. The number of methoxy groups -OCH3 is 1. The molecule has 0 saturated carbocycles. The summed E-state index contributed by atoms with van der Waals surface area (Å²) in [7, 11) is 1.42. The van der Waals surface area contributed by atoms with E-state index in [0.717, 1.165) is 18.6 Å². The number of nitrogens with one attached hydrogen (secondary N) is 2. The van der Waals surface area contributed by atoms with Crippen LogP contribution in [0.3, 0.4) is 0 Å². The highest BCUT2D eigenvalue weighted by molar-refractivity contribution is 7.82. The molecule has 5 nitrogen and oxygen atoms in total. The zero-order chi connectivity index (χ0) is 14.7. The summed E-state index contributed by atoms with van der Waals surface area (Å²) in [5.74, 6) is 0.227. The van der Waals surface area contributed by atoms with Gasteiger partial charge in [0.1, 0.15) is 6.61 Å². The highest BCUT2D eigenvalue weighted by Crippen LogP contribution is 2.13. The lowest BCUT2D eigenvalue weighted by molar-refractivity contribution is -0.128. The molecule has 19 heavy (non-hydrogen) atoms. The smallest absolute Gasteiger partial charge is 0.246 e. The van der Waals surface area contributed by atoms with Crippen LogP contribution in [0.1, 0.15) is 12.8 Å². The van der Waals surface area contributed by atoms with Gasteiger partial charge in [0, 0.05) is 24.2 Å². The van der Waals surface area contributed by atoms with Gasteiger partial charge in [0.25, 0.3) is 0 Å². The van der Waals surface area contributed by atoms with Gasteiger partial charge >= 0.3 is 0 Å². The largest absolute Gasteiger partial charge is 0.375 e. The Morgan fingerprint density at radius 3 is 2.42 bits per heavy atom. The van der Waals surface area contributed by atoms with Crippen molar-refractivity contribution in [3.8, 4) is 0 Å². The molecule has 2 amide bonds. The van der Waals surface area contributed by atoms with Crippen LogP contribution in [0.25, 0.3) is 0 Å². The van der Waals surface area contributed by atoms with Crippen LogP contribution in [0.5, 0.6) is 0 Å². The first kappa shape index (κ1) is 18.9. The SMILES string of the molecule is COCC(=O)NCC(=O)NCC(S)CC(S)CCS. The van der Waals surface area contributed by atoms with Gasteiger partial charge in [0.15, 0.2) is 0 Å². The molecule has 2 unspecified atom stereocenters. The Labute approximate surface area is 130 Å². The average Bonchev–Trinajstić information content (AvgIpc) is 2.34. The van der Waals surface area contributed by atoms with Gasteiger partial charge in [-0.05, 0) is 18.6 Å². The highest BCUT2D eigenvalue weighted by Gasteiger charge is 2.11. The van der Waals surface area contributed by atoms with Gasteiger partial charge in [-0.3, -0.25) is 9.59 Å². The monoisotopic (exact) mass is 326 g/mol. The lowest BCUT2D eigenvalue weighted by Crippen LogP contribution is -2.40. The third-order valence-corrected chi connectivity index (χ3v) is 3.38. The number of hydrogen-bond acceptors (Lipinski definition) is 6. The minimum atomic E-state index is -0.315. The number of ether oxygens (including phenoxy) is 1. The van der Waals surface area contributed by atoms with Crippen molar-refractivity contribution in [1.82, 2.24) is 10.6 Å². The molecular formula is C11H22N2O3S3. The van der Waals surface area contributed by atoms with Crippen LogP contribution in [0.15, 0.2) is 0 Å². The lowest BCUT2D eigenvalue weighted by Gasteiger charge is -2.16. The van der Waals surface area contributed by atoms with E-state index in [0.29, 0.717) is 6.54 Å². The molecule has 0 aliphatic heterocycles. The van der Waals surface area contributed by atoms with E-state index in [1.807, 2.05) is 0 Å². The second-order valence-corrected chi connectivity index (χ2v) is 5.98. The molecule has 0 aromatic carbocycles. The van der Waals surface area contributed by atoms with Gasteiger partial charge in [-0.25, -0.2) is 0 Å². The Morgan fingerprint density at radius 2 is 1.84 bits per heavy atom. The van der Waals surface area contributed by atoms with Crippen molar-refractivity contribution in [2.24, 2.45) is 0 Å². The first-order valence-electron chi connectivity index (χ1n) is 5.99. The Bertz CT molecular complexity index is 280. The summed E-state index contributed by atoms with van der Waals surface area (Å²) < 4.78 is 4.63. The molecule has 8 heteroatoms. The summed E-state index contributed by atoms with van der Waals surface area (Å²) in [4.78, 5) is 22.5. The molecule has 112 valence electrons. The van der Waals surface area contributed by atoms with Gasteiger partial charge in [-0.1, -0.05) is 0 Å². The molecule has 0 saturated heterocycles. The standard InChI is InChI=1S/C11H22N2O3S3/c1-16-7-11(15)13-6-10(14)12-5-9(19)4-8(18)2-3-17/h8-9,17-19H,2-7H2,1H3,(H,12,14)(H,13,15). The van der Waals surface area contributed by atoms with Crippen molar-refractivity contribution in [2.75, 3.05) is 32.6 Å². The van der Waals surface area contributed by atoms with Crippen molar-refractivity contribution in [3.05, 3.63) is 0 Å². The first-order valence-corrected chi connectivity index (χ1v) is 7.65. The highest BCUT2D eigenvalue weighted by atomic mass is 32.1. The summed E-state index contributed by atoms with van der Waals surface area (Å²) in [5.41, 5.74) is 0. The number of rotatable bonds is 10. The number of carbonyl (C=O) groups is 2. The summed E-state index contributed by atoms with van der Waals surface area (Å²) in [6.45, 7) is 0.350. The maximum Gasteiger partial charge on any atom is 0.246 e. The second-order valence-electron chi connectivity index (χ2n) is 4.07. The van der Waals surface area contributed by atoms with E-state index in [4.69, 9.17) is 0 Å². The van der Waals surface area contributed by atoms with E-state index in [-0.39, 0.29) is 35.5 Å². The van der Waals surface area contributed by atoms with Gasteiger partial charge in [-0.2, -0.15) is 37.9 Å². The lowest BCUT2D eigenvalue weighted by atomic mass is 10.2. The predicted octanol–water partition coefficient (Wildman–Crippen LogP) is 0.172. The number of amides is 2. The van der Waals surface area contributed by atoms with Crippen LogP contribution in [0, 0.1) is 0 Å². The molecule has 0 heterocycles. The van der Waals surface area contributed by atoms with Crippen LogP contribution in [0.4, 0.5) is 0 Å². The van der Waals surface area contributed by atoms with Crippen molar-refractivity contribution in [2.45, 2.75) is 23.3 Å². The van der Waals surface area contributed by atoms with Gasteiger partial charge < -0.3 is 15.4 Å². The summed E-state index contributed by atoms with van der Waals surface area (Å²) in [6, 6.07) is 0. The minimum absolute atomic E-state index is 0.0426. The summed E-state index contributed by atoms with van der Waals surface area (Å²) >= 11 is 12.9. The van der Waals surface area contributed by atoms with E-state index < -0.39 is 0 Å². The first-order chi connectivity index (χ1) is 8.99. The Kier molecular flexibility index (Phi) is 11.7. The van der Waals surface area contributed by atoms with Crippen molar-refractivity contribution in [1.29, 1.82) is 0 Å². The number of thiol groups is 3. The van der Waals surface area contributed by atoms with Crippen LogP contribution in [-0.4, -0.2) is 54.9 Å².